The molecule has 1 heterocycles. The van der Waals surface area contributed by atoms with Crippen LogP contribution in [-0.4, -0.2) is 27.8 Å². The molecule has 0 saturated heterocycles. The standard InChI is InChI=1S/C17H32N4O/c1-7-17(18,8-2)11-19-16(22)9-15-13(5)20-21(14(15)6)10-12(3)4/h12H,7-11,18H2,1-6H3,(H,19,22). The highest BCUT2D eigenvalue weighted by Crippen LogP contribution is 2.16. The largest absolute Gasteiger partial charge is 0.354 e. The summed E-state index contributed by atoms with van der Waals surface area (Å²) in [6.45, 7) is 13.9. The number of aryl methyl sites for hydroxylation is 1. The van der Waals surface area contributed by atoms with Gasteiger partial charge in [-0.2, -0.15) is 5.10 Å². The summed E-state index contributed by atoms with van der Waals surface area (Å²) in [5, 5.41) is 7.53. The molecule has 5 nitrogen and oxygen atoms in total. The normalized spacial score (nSPS) is 12.0. The van der Waals surface area contributed by atoms with E-state index in [2.05, 4.69) is 38.1 Å². The summed E-state index contributed by atoms with van der Waals surface area (Å²) in [4.78, 5) is 12.2. The van der Waals surface area contributed by atoms with Crippen molar-refractivity contribution in [2.45, 2.75) is 72.9 Å². The van der Waals surface area contributed by atoms with E-state index in [9.17, 15) is 4.79 Å². The van der Waals surface area contributed by atoms with Crippen LogP contribution in [0.25, 0.3) is 0 Å². The van der Waals surface area contributed by atoms with E-state index >= 15 is 0 Å². The van der Waals surface area contributed by atoms with Crippen molar-refractivity contribution in [3.63, 3.8) is 0 Å². The van der Waals surface area contributed by atoms with E-state index in [0.29, 0.717) is 18.9 Å². The van der Waals surface area contributed by atoms with Crippen molar-refractivity contribution in [3.8, 4) is 0 Å². The van der Waals surface area contributed by atoms with Crippen LogP contribution in [0.2, 0.25) is 0 Å². The first kappa shape index (κ1) is 18.7. The molecule has 1 aromatic rings. The van der Waals surface area contributed by atoms with Crippen LogP contribution in [0.3, 0.4) is 0 Å². The molecule has 1 amide bonds. The summed E-state index contributed by atoms with van der Waals surface area (Å²) >= 11 is 0. The Labute approximate surface area is 134 Å². The summed E-state index contributed by atoms with van der Waals surface area (Å²) in [7, 11) is 0. The SMILES string of the molecule is CCC(N)(CC)CNC(=O)Cc1c(C)nn(CC(C)C)c1C. The quantitative estimate of drug-likeness (QED) is 0.774. The maximum atomic E-state index is 12.2. The van der Waals surface area contributed by atoms with Gasteiger partial charge in [0.05, 0.1) is 12.1 Å². The zero-order chi connectivity index (χ0) is 16.9. The van der Waals surface area contributed by atoms with Crippen molar-refractivity contribution < 1.29 is 4.79 Å². The first-order chi connectivity index (χ1) is 10.2. The molecule has 0 aliphatic heterocycles. The van der Waals surface area contributed by atoms with Crippen LogP contribution in [0.5, 0.6) is 0 Å². The number of rotatable bonds is 8. The third kappa shape index (κ3) is 4.83. The van der Waals surface area contributed by atoms with Crippen LogP contribution in [0, 0.1) is 19.8 Å². The molecule has 0 bridgehead atoms. The lowest BCUT2D eigenvalue weighted by molar-refractivity contribution is -0.120. The Morgan fingerprint density at radius 2 is 1.91 bits per heavy atom. The zero-order valence-electron chi connectivity index (χ0n) is 15.0. The lowest BCUT2D eigenvalue weighted by atomic mass is 9.94. The van der Waals surface area contributed by atoms with Gasteiger partial charge < -0.3 is 11.1 Å². The Morgan fingerprint density at radius 3 is 2.41 bits per heavy atom. The van der Waals surface area contributed by atoms with Gasteiger partial charge in [-0.25, -0.2) is 0 Å². The minimum atomic E-state index is -0.304. The van der Waals surface area contributed by atoms with Gasteiger partial charge >= 0.3 is 0 Å². The number of carbonyl (C=O) groups is 1. The van der Waals surface area contributed by atoms with Crippen molar-refractivity contribution in [2.24, 2.45) is 11.7 Å². The van der Waals surface area contributed by atoms with Gasteiger partial charge in [0.1, 0.15) is 0 Å². The molecule has 1 aromatic heterocycles. The number of hydrogen-bond donors (Lipinski definition) is 2. The lowest BCUT2D eigenvalue weighted by Crippen LogP contribution is -2.49. The molecule has 0 atom stereocenters. The van der Waals surface area contributed by atoms with E-state index in [4.69, 9.17) is 5.73 Å². The topological polar surface area (TPSA) is 72.9 Å². The highest BCUT2D eigenvalue weighted by Gasteiger charge is 2.22. The molecular weight excluding hydrogens is 276 g/mol. The Morgan fingerprint density at radius 1 is 1.32 bits per heavy atom. The van der Waals surface area contributed by atoms with Crippen molar-refractivity contribution in [3.05, 3.63) is 17.0 Å². The molecule has 0 aromatic carbocycles. The smallest absolute Gasteiger partial charge is 0.224 e. The van der Waals surface area contributed by atoms with Gasteiger partial charge in [-0.3, -0.25) is 9.48 Å². The van der Waals surface area contributed by atoms with Gasteiger partial charge in [0.2, 0.25) is 5.91 Å². The summed E-state index contributed by atoms with van der Waals surface area (Å²) in [5.41, 5.74) is 8.99. The summed E-state index contributed by atoms with van der Waals surface area (Å²) in [6, 6.07) is 0. The first-order valence-electron chi connectivity index (χ1n) is 8.30. The average molecular weight is 308 g/mol. The molecule has 0 radical (unpaired) electrons. The Kier molecular flexibility index (Phi) is 6.60. The van der Waals surface area contributed by atoms with E-state index in [-0.39, 0.29) is 11.4 Å². The maximum absolute atomic E-state index is 12.2. The van der Waals surface area contributed by atoms with E-state index in [0.717, 1.165) is 36.3 Å². The number of nitrogens with zero attached hydrogens (tertiary/aromatic N) is 2. The lowest BCUT2D eigenvalue weighted by Gasteiger charge is -2.26. The number of nitrogens with one attached hydrogen (secondary N) is 1. The maximum Gasteiger partial charge on any atom is 0.224 e. The highest BCUT2D eigenvalue weighted by atomic mass is 16.1. The molecule has 126 valence electrons. The number of carbonyl (C=O) groups excluding carboxylic acids is 1. The number of aromatic nitrogens is 2. The third-order valence-corrected chi connectivity index (χ3v) is 4.45. The molecule has 3 N–H and O–H groups in total. The fourth-order valence-corrected chi connectivity index (χ4v) is 2.51. The molecule has 0 unspecified atom stereocenters. The van der Waals surface area contributed by atoms with Crippen LogP contribution < -0.4 is 11.1 Å². The average Bonchev–Trinajstić information content (AvgIpc) is 2.71. The molecule has 0 fully saturated rings. The van der Waals surface area contributed by atoms with Gasteiger partial charge in [0.25, 0.3) is 0 Å². The number of nitrogens with two attached hydrogens (primary N) is 1. The molecular formula is C17H32N4O. The van der Waals surface area contributed by atoms with Crippen molar-refractivity contribution in [1.29, 1.82) is 0 Å². The molecule has 5 heteroatoms. The molecule has 0 aliphatic carbocycles. The Balaban J connectivity index is 2.71. The predicted molar refractivity (Wildman–Crippen MR) is 90.8 cm³/mol. The third-order valence-electron chi connectivity index (χ3n) is 4.45. The second-order valence-electron chi connectivity index (χ2n) is 6.75. The number of amides is 1. The van der Waals surface area contributed by atoms with Gasteiger partial charge in [0.15, 0.2) is 0 Å². The fourth-order valence-electron chi connectivity index (χ4n) is 2.51. The van der Waals surface area contributed by atoms with Gasteiger partial charge in [-0.05, 0) is 32.6 Å². The van der Waals surface area contributed by atoms with Crippen LogP contribution >= 0.6 is 0 Å². The van der Waals surface area contributed by atoms with Crippen LogP contribution in [-0.2, 0) is 17.8 Å². The van der Waals surface area contributed by atoms with E-state index in [1.165, 1.54) is 0 Å². The molecule has 22 heavy (non-hydrogen) atoms. The summed E-state index contributed by atoms with van der Waals surface area (Å²) in [5.74, 6) is 0.554. The Hall–Kier alpha value is -1.36. The Bertz CT molecular complexity index is 501. The van der Waals surface area contributed by atoms with E-state index < -0.39 is 0 Å². The monoisotopic (exact) mass is 308 g/mol. The summed E-state index contributed by atoms with van der Waals surface area (Å²) in [6.07, 6.45) is 2.08. The van der Waals surface area contributed by atoms with Crippen molar-refractivity contribution in [2.75, 3.05) is 6.54 Å². The van der Waals surface area contributed by atoms with Crippen LogP contribution in [0.4, 0.5) is 0 Å². The summed E-state index contributed by atoms with van der Waals surface area (Å²) < 4.78 is 2.01. The van der Waals surface area contributed by atoms with Gasteiger partial charge in [0, 0.05) is 29.9 Å². The second-order valence-corrected chi connectivity index (χ2v) is 6.75. The minimum Gasteiger partial charge on any atom is -0.354 e. The van der Waals surface area contributed by atoms with Crippen LogP contribution in [0.15, 0.2) is 0 Å². The van der Waals surface area contributed by atoms with Gasteiger partial charge in [-0.15, -0.1) is 0 Å². The molecule has 0 saturated carbocycles. The van der Waals surface area contributed by atoms with E-state index in [1.807, 2.05) is 18.5 Å². The van der Waals surface area contributed by atoms with Crippen LogP contribution in [0.1, 0.15) is 57.5 Å². The highest BCUT2D eigenvalue weighted by molar-refractivity contribution is 5.79. The second kappa shape index (κ2) is 7.77. The molecule has 0 aliphatic rings. The predicted octanol–water partition coefficient (Wildman–Crippen LogP) is 2.33. The first-order valence-corrected chi connectivity index (χ1v) is 8.30. The zero-order valence-corrected chi connectivity index (χ0v) is 15.0. The van der Waals surface area contributed by atoms with Crippen molar-refractivity contribution in [1.82, 2.24) is 15.1 Å². The fraction of sp³-hybridized carbons (Fsp3) is 0.765. The molecule has 0 spiro atoms. The van der Waals surface area contributed by atoms with E-state index in [1.54, 1.807) is 0 Å². The minimum absolute atomic E-state index is 0.0204. The van der Waals surface area contributed by atoms with Gasteiger partial charge in [-0.1, -0.05) is 27.7 Å². The number of hydrogen-bond acceptors (Lipinski definition) is 3. The van der Waals surface area contributed by atoms with Crippen molar-refractivity contribution >= 4 is 5.91 Å². The molecule has 1 rings (SSSR count).